The molecule has 3 nitrogen and oxygen atoms in total. The molecule has 0 atom stereocenters. The average molecular weight is 241 g/mol. The Kier molecular flexibility index (Phi) is 3.15. The van der Waals surface area contributed by atoms with Gasteiger partial charge in [0.15, 0.2) is 0 Å². The lowest BCUT2D eigenvalue weighted by atomic mass is 9.93. The number of benzene rings is 1. The normalized spacial score (nSPS) is 16.9. The zero-order valence-electron chi connectivity index (χ0n) is 10.8. The number of piperidine rings is 1. The van der Waals surface area contributed by atoms with Gasteiger partial charge < -0.3 is 5.32 Å². The SMILES string of the molecule is Cc1ccccc1-n1cc(C2CCNCC2)cn1. The third-order valence-electron chi connectivity index (χ3n) is 3.78. The molecule has 0 radical (unpaired) electrons. The van der Waals surface area contributed by atoms with Crippen molar-refractivity contribution in [3.8, 4) is 5.69 Å². The van der Waals surface area contributed by atoms with Crippen LogP contribution in [0.5, 0.6) is 0 Å². The van der Waals surface area contributed by atoms with E-state index in [-0.39, 0.29) is 0 Å². The second-order valence-electron chi connectivity index (χ2n) is 5.03. The Labute approximate surface area is 108 Å². The van der Waals surface area contributed by atoms with E-state index in [4.69, 9.17) is 0 Å². The summed E-state index contributed by atoms with van der Waals surface area (Å²) in [5.41, 5.74) is 3.81. The number of aromatic nitrogens is 2. The van der Waals surface area contributed by atoms with Crippen molar-refractivity contribution in [3.05, 3.63) is 47.8 Å². The first-order valence-corrected chi connectivity index (χ1v) is 6.66. The van der Waals surface area contributed by atoms with Gasteiger partial charge in [0.05, 0.1) is 11.9 Å². The molecular formula is C15H19N3. The molecule has 2 heterocycles. The molecule has 94 valence electrons. The highest BCUT2D eigenvalue weighted by atomic mass is 15.3. The third-order valence-corrected chi connectivity index (χ3v) is 3.78. The largest absolute Gasteiger partial charge is 0.317 e. The van der Waals surface area contributed by atoms with Crippen molar-refractivity contribution in [1.82, 2.24) is 15.1 Å². The van der Waals surface area contributed by atoms with Gasteiger partial charge in [-0.3, -0.25) is 0 Å². The van der Waals surface area contributed by atoms with Crippen molar-refractivity contribution >= 4 is 0 Å². The van der Waals surface area contributed by atoms with Gasteiger partial charge in [0.2, 0.25) is 0 Å². The Bertz CT molecular complexity index is 524. The van der Waals surface area contributed by atoms with Crippen LogP contribution in [0, 0.1) is 6.92 Å². The van der Waals surface area contributed by atoms with E-state index in [1.807, 2.05) is 10.9 Å². The molecule has 1 aliphatic heterocycles. The van der Waals surface area contributed by atoms with Crippen LogP contribution in [0.15, 0.2) is 36.7 Å². The maximum Gasteiger partial charge on any atom is 0.0674 e. The van der Waals surface area contributed by atoms with Gasteiger partial charge in [0.1, 0.15) is 0 Å². The van der Waals surface area contributed by atoms with Gasteiger partial charge in [-0.05, 0) is 56.0 Å². The molecule has 1 N–H and O–H groups in total. The monoisotopic (exact) mass is 241 g/mol. The number of nitrogens with zero attached hydrogens (tertiary/aromatic N) is 2. The maximum absolute atomic E-state index is 4.52. The molecule has 3 heteroatoms. The summed E-state index contributed by atoms with van der Waals surface area (Å²) in [5.74, 6) is 0.670. The lowest BCUT2D eigenvalue weighted by Crippen LogP contribution is -2.26. The first-order valence-electron chi connectivity index (χ1n) is 6.66. The number of para-hydroxylation sites is 1. The van der Waals surface area contributed by atoms with Crippen LogP contribution in [0.3, 0.4) is 0 Å². The van der Waals surface area contributed by atoms with E-state index in [1.54, 1.807) is 0 Å². The Hall–Kier alpha value is -1.61. The van der Waals surface area contributed by atoms with E-state index in [0.29, 0.717) is 5.92 Å². The predicted octanol–water partition coefficient (Wildman–Crippen LogP) is 2.65. The number of rotatable bonds is 2. The van der Waals surface area contributed by atoms with Crippen LogP contribution in [0.2, 0.25) is 0 Å². The Morgan fingerprint density at radius 3 is 2.78 bits per heavy atom. The molecule has 1 aromatic carbocycles. The fourth-order valence-electron chi connectivity index (χ4n) is 2.66. The number of nitrogens with one attached hydrogen (secondary N) is 1. The molecule has 3 rings (SSSR count). The minimum atomic E-state index is 0.670. The molecule has 2 aromatic rings. The molecule has 0 saturated carbocycles. The summed E-state index contributed by atoms with van der Waals surface area (Å²) in [4.78, 5) is 0. The minimum absolute atomic E-state index is 0.670. The molecule has 1 saturated heterocycles. The third kappa shape index (κ3) is 2.18. The van der Waals surface area contributed by atoms with Gasteiger partial charge in [0.25, 0.3) is 0 Å². The van der Waals surface area contributed by atoms with Gasteiger partial charge in [-0.1, -0.05) is 18.2 Å². The Balaban J connectivity index is 1.87. The molecule has 18 heavy (non-hydrogen) atoms. The van der Waals surface area contributed by atoms with Gasteiger partial charge in [-0.15, -0.1) is 0 Å². The highest BCUT2D eigenvalue weighted by Crippen LogP contribution is 2.25. The predicted molar refractivity (Wildman–Crippen MR) is 73.1 cm³/mol. The van der Waals surface area contributed by atoms with Crippen molar-refractivity contribution in [1.29, 1.82) is 0 Å². The zero-order chi connectivity index (χ0) is 12.4. The molecule has 1 fully saturated rings. The van der Waals surface area contributed by atoms with Gasteiger partial charge in [0, 0.05) is 6.20 Å². The molecule has 0 bridgehead atoms. The highest BCUT2D eigenvalue weighted by molar-refractivity contribution is 5.39. The van der Waals surface area contributed by atoms with E-state index < -0.39 is 0 Å². The van der Waals surface area contributed by atoms with Crippen LogP contribution in [0.1, 0.15) is 29.9 Å². The van der Waals surface area contributed by atoms with E-state index >= 15 is 0 Å². The number of aryl methyl sites for hydroxylation is 1. The van der Waals surface area contributed by atoms with E-state index in [2.05, 4.69) is 47.8 Å². The molecule has 1 aliphatic rings. The summed E-state index contributed by atoms with van der Waals surface area (Å²) in [5, 5.41) is 7.92. The zero-order valence-corrected chi connectivity index (χ0v) is 10.8. The summed E-state index contributed by atoms with van der Waals surface area (Å²) in [6, 6.07) is 8.38. The van der Waals surface area contributed by atoms with E-state index in [0.717, 1.165) is 13.1 Å². The van der Waals surface area contributed by atoms with E-state index in [9.17, 15) is 0 Å². The molecule has 0 aliphatic carbocycles. The van der Waals surface area contributed by atoms with Gasteiger partial charge in [-0.25, -0.2) is 4.68 Å². The van der Waals surface area contributed by atoms with Crippen LogP contribution >= 0.6 is 0 Å². The lowest BCUT2D eigenvalue weighted by Gasteiger charge is -2.21. The van der Waals surface area contributed by atoms with Crippen LogP contribution in [0.4, 0.5) is 0 Å². The second-order valence-corrected chi connectivity index (χ2v) is 5.03. The average Bonchev–Trinajstić information content (AvgIpc) is 2.90. The molecule has 1 aromatic heterocycles. The first-order chi connectivity index (χ1) is 8.84. The highest BCUT2D eigenvalue weighted by Gasteiger charge is 2.17. The summed E-state index contributed by atoms with van der Waals surface area (Å²) >= 11 is 0. The second kappa shape index (κ2) is 4.94. The summed E-state index contributed by atoms with van der Waals surface area (Å²) in [6.45, 7) is 4.38. The van der Waals surface area contributed by atoms with Crippen LogP contribution in [0.25, 0.3) is 5.69 Å². The molecule has 0 spiro atoms. The minimum Gasteiger partial charge on any atom is -0.317 e. The summed E-state index contributed by atoms with van der Waals surface area (Å²) in [7, 11) is 0. The lowest BCUT2D eigenvalue weighted by molar-refractivity contribution is 0.460. The maximum atomic E-state index is 4.52. The first kappa shape index (κ1) is 11.5. The van der Waals surface area contributed by atoms with Crippen LogP contribution < -0.4 is 5.32 Å². The van der Waals surface area contributed by atoms with Crippen molar-refractivity contribution in [3.63, 3.8) is 0 Å². The summed E-state index contributed by atoms with van der Waals surface area (Å²) < 4.78 is 2.01. The fourth-order valence-corrected chi connectivity index (χ4v) is 2.66. The number of hydrogen-bond donors (Lipinski definition) is 1. The van der Waals surface area contributed by atoms with E-state index in [1.165, 1.54) is 29.7 Å². The molecule has 0 amide bonds. The van der Waals surface area contributed by atoms with Gasteiger partial charge >= 0.3 is 0 Å². The van der Waals surface area contributed by atoms with Crippen molar-refractivity contribution in [2.24, 2.45) is 0 Å². The number of hydrogen-bond acceptors (Lipinski definition) is 2. The fraction of sp³-hybridized carbons (Fsp3) is 0.400. The standard InChI is InChI=1S/C15H19N3/c1-12-4-2-3-5-15(12)18-11-14(10-17-18)13-6-8-16-9-7-13/h2-5,10-11,13,16H,6-9H2,1H3. The Morgan fingerprint density at radius 2 is 2.00 bits per heavy atom. The smallest absolute Gasteiger partial charge is 0.0674 e. The van der Waals surface area contributed by atoms with Crippen LogP contribution in [-0.4, -0.2) is 22.9 Å². The van der Waals surface area contributed by atoms with Crippen LogP contribution in [-0.2, 0) is 0 Å². The Morgan fingerprint density at radius 1 is 1.22 bits per heavy atom. The quantitative estimate of drug-likeness (QED) is 0.876. The van der Waals surface area contributed by atoms with Crippen molar-refractivity contribution in [2.75, 3.05) is 13.1 Å². The molecular weight excluding hydrogens is 222 g/mol. The molecule has 0 unspecified atom stereocenters. The van der Waals surface area contributed by atoms with Gasteiger partial charge in [-0.2, -0.15) is 5.10 Å². The van der Waals surface area contributed by atoms with Crippen molar-refractivity contribution < 1.29 is 0 Å². The summed E-state index contributed by atoms with van der Waals surface area (Å²) in [6.07, 6.45) is 6.67. The van der Waals surface area contributed by atoms with Crippen molar-refractivity contribution in [2.45, 2.75) is 25.7 Å². The topological polar surface area (TPSA) is 29.9 Å².